The molecule has 0 saturated carbocycles. The lowest BCUT2D eigenvalue weighted by Gasteiger charge is -2.36. The summed E-state index contributed by atoms with van der Waals surface area (Å²) in [4.78, 5) is 40.4. The first kappa shape index (κ1) is 22.9. The molecule has 0 bridgehead atoms. The molecule has 4 heterocycles. The summed E-state index contributed by atoms with van der Waals surface area (Å²) in [5, 5.41) is 15.3. The maximum Gasteiger partial charge on any atom is 0.233 e. The molecule has 3 aromatic heterocycles. The summed E-state index contributed by atoms with van der Waals surface area (Å²) in [6.07, 6.45) is 5.82. The fraction of sp³-hybridized carbons (Fsp3) is 0.400. The van der Waals surface area contributed by atoms with Crippen molar-refractivity contribution in [3.63, 3.8) is 0 Å². The standard InChI is InChI=1S/C25H28N8O2S/c1-26-21(34)13-32-6-8-33(9-7-32)25(35)15-2-4-18-20(11-15)36-24-22(18)23(27-14-28-24)30-17-3-5-19-16(10-17)12-29-31-19/h3,5,10,12,14-15H,2,4,6-9,11,13H2,1H3,(H,26,34)(H,29,31)(H,27,28,30)/t15-/m0/s1. The number of anilines is 2. The fourth-order valence-electron chi connectivity index (χ4n) is 5.24. The number of aromatic nitrogens is 4. The summed E-state index contributed by atoms with van der Waals surface area (Å²) in [6, 6.07) is 6.06. The minimum atomic E-state index is -0.0103. The highest BCUT2D eigenvalue weighted by Gasteiger charge is 2.33. The molecule has 2 aliphatic rings. The number of nitrogens with one attached hydrogen (secondary N) is 3. The van der Waals surface area contributed by atoms with E-state index >= 15 is 0 Å². The molecule has 1 aliphatic carbocycles. The number of H-pyrrole nitrogens is 1. The first-order valence-corrected chi connectivity index (χ1v) is 13.1. The minimum Gasteiger partial charge on any atom is -0.358 e. The average molecular weight is 505 g/mol. The van der Waals surface area contributed by atoms with E-state index in [0.29, 0.717) is 19.6 Å². The Kier molecular flexibility index (Phi) is 6.02. The van der Waals surface area contributed by atoms with Crippen LogP contribution >= 0.6 is 11.3 Å². The third-order valence-corrected chi connectivity index (χ3v) is 8.39. The van der Waals surface area contributed by atoms with Gasteiger partial charge in [0.05, 0.1) is 23.6 Å². The van der Waals surface area contributed by atoms with Crippen molar-refractivity contribution in [1.29, 1.82) is 0 Å². The van der Waals surface area contributed by atoms with Crippen LogP contribution in [0.15, 0.2) is 30.7 Å². The number of thiophene rings is 1. The number of likely N-dealkylation sites (N-methyl/N-ethyl adjacent to an activating group) is 1. The van der Waals surface area contributed by atoms with E-state index in [1.165, 1.54) is 10.4 Å². The minimum absolute atomic E-state index is 0.0103. The monoisotopic (exact) mass is 504 g/mol. The second-order valence-corrected chi connectivity index (χ2v) is 10.5. The van der Waals surface area contributed by atoms with Gasteiger partial charge in [-0.2, -0.15) is 5.10 Å². The molecular weight excluding hydrogens is 476 g/mol. The first-order chi connectivity index (χ1) is 17.6. The highest BCUT2D eigenvalue weighted by Crippen LogP contribution is 2.41. The number of aryl methyl sites for hydroxylation is 1. The number of amides is 2. The molecule has 2 amide bonds. The second kappa shape index (κ2) is 9.47. The van der Waals surface area contributed by atoms with Gasteiger partial charge in [0.15, 0.2) is 0 Å². The fourth-order valence-corrected chi connectivity index (χ4v) is 6.51. The van der Waals surface area contributed by atoms with Gasteiger partial charge in [-0.05, 0) is 43.0 Å². The molecule has 0 spiro atoms. The average Bonchev–Trinajstić information content (AvgIpc) is 3.52. The van der Waals surface area contributed by atoms with Crippen LogP contribution in [-0.2, 0) is 22.4 Å². The normalized spacial score (nSPS) is 18.4. The lowest BCUT2D eigenvalue weighted by molar-refractivity contribution is -0.137. The Morgan fingerprint density at radius 1 is 1.19 bits per heavy atom. The molecule has 1 saturated heterocycles. The third-order valence-electron chi connectivity index (χ3n) is 7.23. The zero-order valence-electron chi connectivity index (χ0n) is 20.1. The van der Waals surface area contributed by atoms with E-state index in [1.54, 1.807) is 24.7 Å². The van der Waals surface area contributed by atoms with Gasteiger partial charge in [-0.25, -0.2) is 9.97 Å². The van der Waals surface area contributed by atoms with Gasteiger partial charge in [-0.15, -0.1) is 11.3 Å². The molecule has 6 rings (SSSR count). The molecule has 11 heteroatoms. The van der Waals surface area contributed by atoms with E-state index < -0.39 is 0 Å². The number of hydrogen-bond acceptors (Lipinski definition) is 8. The van der Waals surface area contributed by atoms with Gasteiger partial charge >= 0.3 is 0 Å². The predicted octanol–water partition coefficient (Wildman–Crippen LogP) is 2.31. The van der Waals surface area contributed by atoms with Crippen molar-refractivity contribution in [2.24, 2.45) is 5.92 Å². The van der Waals surface area contributed by atoms with Crippen molar-refractivity contribution < 1.29 is 9.59 Å². The SMILES string of the molecule is CNC(=O)CN1CCN(C(=O)[C@H]2CCc3c(sc4ncnc(Nc5ccc6[nH]ncc6c5)c34)C2)CC1. The highest BCUT2D eigenvalue weighted by atomic mass is 32.1. The quantitative estimate of drug-likeness (QED) is 0.382. The van der Waals surface area contributed by atoms with Gasteiger partial charge in [0.25, 0.3) is 0 Å². The molecule has 1 fully saturated rings. The summed E-state index contributed by atoms with van der Waals surface area (Å²) >= 11 is 1.68. The summed E-state index contributed by atoms with van der Waals surface area (Å²) in [7, 11) is 1.65. The van der Waals surface area contributed by atoms with Crippen LogP contribution in [0, 0.1) is 5.92 Å². The Bertz CT molecular complexity index is 1440. The van der Waals surface area contributed by atoms with Gasteiger partial charge < -0.3 is 15.5 Å². The number of piperazine rings is 1. The van der Waals surface area contributed by atoms with Crippen LogP contribution < -0.4 is 10.6 Å². The lowest BCUT2D eigenvalue weighted by atomic mass is 9.86. The summed E-state index contributed by atoms with van der Waals surface area (Å²) in [5.41, 5.74) is 3.20. The Balaban J connectivity index is 1.17. The topological polar surface area (TPSA) is 119 Å². The van der Waals surface area contributed by atoms with Crippen LogP contribution in [0.2, 0.25) is 0 Å². The Hall–Kier alpha value is -3.57. The number of rotatable bonds is 5. The van der Waals surface area contributed by atoms with E-state index in [-0.39, 0.29) is 17.7 Å². The van der Waals surface area contributed by atoms with Crippen molar-refractivity contribution in [1.82, 2.24) is 35.3 Å². The van der Waals surface area contributed by atoms with Crippen molar-refractivity contribution in [2.75, 3.05) is 45.1 Å². The molecule has 1 aromatic carbocycles. The molecule has 36 heavy (non-hydrogen) atoms. The number of hydrogen-bond donors (Lipinski definition) is 3. The van der Waals surface area contributed by atoms with E-state index in [1.807, 2.05) is 23.2 Å². The largest absolute Gasteiger partial charge is 0.358 e. The highest BCUT2D eigenvalue weighted by molar-refractivity contribution is 7.19. The zero-order chi connectivity index (χ0) is 24.6. The molecule has 1 atom stereocenters. The van der Waals surface area contributed by atoms with E-state index in [0.717, 1.165) is 65.0 Å². The summed E-state index contributed by atoms with van der Waals surface area (Å²) < 4.78 is 0. The van der Waals surface area contributed by atoms with E-state index in [9.17, 15) is 9.59 Å². The molecule has 186 valence electrons. The summed E-state index contributed by atoms with van der Waals surface area (Å²) in [6.45, 7) is 3.20. The first-order valence-electron chi connectivity index (χ1n) is 12.3. The van der Waals surface area contributed by atoms with Crippen LogP contribution in [0.3, 0.4) is 0 Å². The van der Waals surface area contributed by atoms with Gasteiger partial charge in [0.1, 0.15) is 17.0 Å². The van der Waals surface area contributed by atoms with Gasteiger partial charge in [-0.3, -0.25) is 19.6 Å². The van der Waals surface area contributed by atoms with Crippen LogP contribution in [0.4, 0.5) is 11.5 Å². The molecule has 0 unspecified atom stereocenters. The van der Waals surface area contributed by atoms with Crippen molar-refractivity contribution >= 4 is 55.8 Å². The summed E-state index contributed by atoms with van der Waals surface area (Å²) in [5.74, 6) is 1.04. The molecule has 4 aromatic rings. The van der Waals surface area contributed by atoms with E-state index in [2.05, 4.69) is 41.8 Å². The molecule has 10 nitrogen and oxygen atoms in total. The van der Waals surface area contributed by atoms with Crippen molar-refractivity contribution in [2.45, 2.75) is 19.3 Å². The van der Waals surface area contributed by atoms with Crippen LogP contribution in [0.25, 0.3) is 21.1 Å². The molecule has 1 aliphatic heterocycles. The maximum absolute atomic E-state index is 13.3. The maximum atomic E-state index is 13.3. The number of fused-ring (bicyclic) bond motifs is 4. The Morgan fingerprint density at radius 3 is 2.89 bits per heavy atom. The molecular formula is C25H28N8O2S. The van der Waals surface area contributed by atoms with Gasteiger partial charge in [0.2, 0.25) is 11.8 Å². The van der Waals surface area contributed by atoms with Gasteiger partial charge in [-0.1, -0.05) is 0 Å². The van der Waals surface area contributed by atoms with Gasteiger partial charge in [0, 0.05) is 55.1 Å². The number of carbonyl (C=O) groups is 2. The van der Waals surface area contributed by atoms with Crippen molar-refractivity contribution in [3.8, 4) is 0 Å². The molecule has 0 radical (unpaired) electrons. The predicted molar refractivity (Wildman–Crippen MR) is 139 cm³/mol. The number of nitrogens with zero attached hydrogens (tertiary/aromatic N) is 5. The second-order valence-electron chi connectivity index (χ2n) is 9.42. The Morgan fingerprint density at radius 2 is 2.06 bits per heavy atom. The third kappa shape index (κ3) is 4.28. The number of benzene rings is 1. The van der Waals surface area contributed by atoms with Crippen LogP contribution in [-0.4, -0.2) is 81.6 Å². The van der Waals surface area contributed by atoms with Crippen molar-refractivity contribution in [3.05, 3.63) is 41.2 Å². The lowest BCUT2D eigenvalue weighted by Crippen LogP contribution is -2.52. The smallest absolute Gasteiger partial charge is 0.233 e. The Labute approximate surface area is 212 Å². The number of aromatic amines is 1. The van der Waals surface area contributed by atoms with E-state index in [4.69, 9.17) is 0 Å². The molecule has 3 N–H and O–H groups in total. The van der Waals surface area contributed by atoms with Crippen LogP contribution in [0.1, 0.15) is 16.9 Å². The zero-order valence-corrected chi connectivity index (χ0v) is 20.9. The van der Waals surface area contributed by atoms with Crippen LogP contribution in [0.5, 0.6) is 0 Å². The number of carbonyl (C=O) groups excluding carboxylic acids is 2.